The van der Waals surface area contributed by atoms with Crippen LogP contribution in [0.25, 0.3) is 16.4 Å². The Labute approximate surface area is 190 Å². The normalized spacial score (nSPS) is 19.3. The molecule has 0 amide bonds. The highest BCUT2D eigenvalue weighted by Gasteiger charge is 2.61. The summed E-state index contributed by atoms with van der Waals surface area (Å²) in [6.45, 7) is 2.58. The van der Waals surface area contributed by atoms with Crippen molar-refractivity contribution in [1.29, 1.82) is 0 Å². The number of hydrogen-bond acceptors (Lipinski definition) is 4. The van der Waals surface area contributed by atoms with E-state index in [9.17, 15) is 13.6 Å². The van der Waals surface area contributed by atoms with Gasteiger partial charge in [-0.3, -0.25) is 14.7 Å². The number of halogens is 3. The molecule has 1 spiro atoms. The van der Waals surface area contributed by atoms with Gasteiger partial charge in [-0.05, 0) is 33.6 Å². The van der Waals surface area contributed by atoms with Crippen LogP contribution in [0.1, 0.15) is 24.1 Å². The molecule has 1 aliphatic carbocycles. The summed E-state index contributed by atoms with van der Waals surface area (Å²) in [4.78, 5) is 23.8. The smallest absolute Gasteiger partial charge is 0.260 e. The molecular weight excluding hydrogens is 480 g/mol. The molecule has 0 bridgehead atoms. The second-order valence-corrected chi connectivity index (χ2v) is 10.1. The molecule has 164 valence electrons. The molecule has 0 N–H and O–H groups in total. The number of aromatic nitrogens is 4. The molecule has 0 atom stereocenters. The highest BCUT2D eigenvalue weighted by molar-refractivity contribution is 9.10. The fraction of sp³-hybridized carbons (Fsp3) is 0.348. The van der Waals surface area contributed by atoms with Gasteiger partial charge in [0, 0.05) is 78.7 Å². The van der Waals surface area contributed by atoms with E-state index in [0.29, 0.717) is 11.9 Å². The molecule has 4 aromatic rings. The van der Waals surface area contributed by atoms with Crippen LogP contribution >= 0.6 is 15.9 Å². The van der Waals surface area contributed by atoms with Gasteiger partial charge in [-0.1, -0.05) is 6.07 Å². The van der Waals surface area contributed by atoms with Crippen molar-refractivity contribution < 1.29 is 8.78 Å². The lowest BCUT2D eigenvalue weighted by atomic mass is 9.61. The van der Waals surface area contributed by atoms with E-state index in [1.807, 2.05) is 35.0 Å². The fourth-order valence-electron chi connectivity index (χ4n) is 5.27. The van der Waals surface area contributed by atoms with Crippen LogP contribution in [-0.2, 0) is 13.1 Å². The van der Waals surface area contributed by atoms with E-state index in [0.717, 1.165) is 46.4 Å². The first-order chi connectivity index (χ1) is 15.3. The van der Waals surface area contributed by atoms with Crippen LogP contribution in [0.2, 0.25) is 0 Å². The van der Waals surface area contributed by atoms with Crippen LogP contribution in [0.3, 0.4) is 0 Å². The Morgan fingerprint density at radius 2 is 1.84 bits per heavy atom. The number of hydrogen-bond donors (Lipinski definition) is 0. The third kappa shape index (κ3) is 3.34. The third-order valence-corrected chi connectivity index (χ3v) is 7.17. The maximum absolute atomic E-state index is 13.2. The number of fused-ring (bicyclic) bond motifs is 2. The molecular formula is C23H20BrF2N5O. The van der Waals surface area contributed by atoms with Gasteiger partial charge in [-0.15, -0.1) is 0 Å². The van der Waals surface area contributed by atoms with E-state index in [2.05, 4.69) is 30.8 Å². The third-order valence-electron chi connectivity index (χ3n) is 6.54. The molecule has 2 aliphatic rings. The number of pyridine rings is 3. The second kappa shape index (κ2) is 6.92. The van der Waals surface area contributed by atoms with Crippen molar-refractivity contribution in [2.75, 3.05) is 13.1 Å². The van der Waals surface area contributed by atoms with Gasteiger partial charge in [-0.25, -0.2) is 13.8 Å². The van der Waals surface area contributed by atoms with E-state index >= 15 is 0 Å². The summed E-state index contributed by atoms with van der Waals surface area (Å²) in [6.07, 6.45) is 9.04. The lowest BCUT2D eigenvalue weighted by Gasteiger charge is -2.58. The monoisotopic (exact) mass is 499 g/mol. The summed E-state index contributed by atoms with van der Waals surface area (Å²) in [5.74, 6) is -2.46. The van der Waals surface area contributed by atoms with Gasteiger partial charge in [0.25, 0.3) is 5.56 Å². The molecule has 1 aliphatic heterocycles. The summed E-state index contributed by atoms with van der Waals surface area (Å²) >= 11 is 3.43. The average Bonchev–Trinajstić information content (AvgIpc) is 3.09. The summed E-state index contributed by atoms with van der Waals surface area (Å²) in [7, 11) is 0. The van der Waals surface area contributed by atoms with E-state index in [1.165, 1.54) is 0 Å². The Balaban J connectivity index is 1.19. The number of alkyl halides is 2. The summed E-state index contributed by atoms with van der Waals surface area (Å²) in [6, 6.07) is 5.88. The lowest BCUT2D eigenvalue weighted by molar-refractivity contribution is -0.214. The zero-order valence-electron chi connectivity index (χ0n) is 17.1. The Morgan fingerprint density at radius 1 is 1.03 bits per heavy atom. The van der Waals surface area contributed by atoms with Crippen molar-refractivity contribution in [3.05, 3.63) is 75.3 Å². The van der Waals surface area contributed by atoms with Crippen LogP contribution in [0.4, 0.5) is 8.78 Å². The first-order valence-corrected chi connectivity index (χ1v) is 11.3. The van der Waals surface area contributed by atoms with Gasteiger partial charge in [0.05, 0.1) is 17.6 Å². The van der Waals surface area contributed by atoms with Crippen molar-refractivity contribution >= 4 is 32.3 Å². The number of likely N-dealkylation sites (tertiary alicyclic amines) is 1. The van der Waals surface area contributed by atoms with Gasteiger partial charge < -0.3 is 8.97 Å². The average molecular weight is 500 g/mol. The zero-order valence-corrected chi connectivity index (χ0v) is 18.7. The minimum atomic E-state index is -2.46. The highest BCUT2D eigenvalue weighted by Crippen LogP contribution is 2.56. The van der Waals surface area contributed by atoms with Crippen LogP contribution in [0, 0.1) is 5.41 Å². The molecule has 1 saturated heterocycles. The van der Waals surface area contributed by atoms with E-state index < -0.39 is 5.92 Å². The van der Waals surface area contributed by atoms with Gasteiger partial charge >= 0.3 is 0 Å². The lowest BCUT2D eigenvalue weighted by Crippen LogP contribution is -2.65. The maximum atomic E-state index is 13.2. The molecule has 5 heterocycles. The molecule has 9 heteroatoms. The van der Waals surface area contributed by atoms with Gasteiger partial charge in [0.15, 0.2) is 0 Å². The molecule has 0 aromatic carbocycles. The molecule has 6 nitrogen and oxygen atoms in total. The van der Waals surface area contributed by atoms with E-state index in [-0.39, 0.29) is 23.8 Å². The summed E-state index contributed by atoms with van der Waals surface area (Å²) < 4.78 is 30.8. The highest BCUT2D eigenvalue weighted by atomic mass is 79.9. The summed E-state index contributed by atoms with van der Waals surface area (Å²) in [5.41, 5.74) is 2.43. The Bertz CT molecular complexity index is 1410. The fourth-order valence-corrected chi connectivity index (χ4v) is 5.74. The number of nitrogens with zero attached hydrogens (tertiary/aromatic N) is 5. The molecule has 0 unspecified atom stereocenters. The van der Waals surface area contributed by atoms with Crippen molar-refractivity contribution in [2.24, 2.45) is 5.41 Å². The van der Waals surface area contributed by atoms with Crippen LogP contribution in [0.5, 0.6) is 0 Å². The Morgan fingerprint density at radius 3 is 2.62 bits per heavy atom. The number of rotatable bonds is 4. The molecule has 1 saturated carbocycles. The van der Waals surface area contributed by atoms with Gasteiger partial charge in [0.2, 0.25) is 5.92 Å². The predicted molar refractivity (Wildman–Crippen MR) is 120 cm³/mol. The topological polar surface area (TPSA) is 55.4 Å². The van der Waals surface area contributed by atoms with E-state index in [4.69, 9.17) is 0 Å². The zero-order chi connectivity index (χ0) is 22.1. The largest absolute Gasteiger partial charge is 0.309 e. The molecule has 0 radical (unpaired) electrons. The molecule has 2 fully saturated rings. The van der Waals surface area contributed by atoms with Crippen molar-refractivity contribution in [2.45, 2.75) is 31.9 Å². The van der Waals surface area contributed by atoms with Crippen molar-refractivity contribution in [1.82, 2.24) is 23.8 Å². The first-order valence-electron chi connectivity index (χ1n) is 10.5. The minimum absolute atomic E-state index is 0.0293. The SMILES string of the molecule is O=c1c2cncc(Br)c2ccn1Cc1cn2cc(CN3CC4(C3)CC(F)(F)C4)ccc2n1. The van der Waals surface area contributed by atoms with Crippen molar-refractivity contribution in [3.63, 3.8) is 0 Å². The molecule has 4 aromatic heterocycles. The van der Waals surface area contributed by atoms with Gasteiger partial charge in [-0.2, -0.15) is 0 Å². The number of imidazole rings is 1. The Kier molecular flexibility index (Phi) is 4.32. The molecule has 32 heavy (non-hydrogen) atoms. The van der Waals surface area contributed by atoms with Crippen LogP contribution in [0.15, 0.2) is 58.5 Å². The second-order valence-electron chi connectivity index (χ2n) is 9.22. The quantitative estimate of drug-likeness (QED) is 0.424. The molecule has 6 rings (SSSR count). The standard InChI is InChI=1S/C23H20BrF2N5O/c24-19-6-27-5-18-17(19)3-4-30(21(18)32)9-16-10-31-8-15(1-2-20(31)28-16)7-29-13-22(14-29)11-23(25,26)12-22/h1-6,8,10H,7,9,11-14H2. The first kappa shape index (κ1) is 20.0. The van der Waals surface area contributed by atoms with Crippen molar-refractivity contribution in [3.8, 4) is 0 Å². The van der Waals surface area contributed by atoms with Crippen LogP contribution in [-0.4, -0.2) is 42.8 Å². The summed E-state index contributed by atoms with van der Waals surface area (Å²) in [5, 5.41) is 1.39. The van der Waals surface area contributed by atoms with E-state index in [1.54, 1.807) is 23.2 Å². The van der Waals surface area contributed by atoms with Gasteiger partial charge in [0.1, 0.15) is 5.65 Å². The predicted octanol–water partition coefficient (Wildman–Crippen LogP) is 4.09. The maximum Gasteiger partial charge on any atom is 0.260 e. The Hall–Kier alpha value is -2.65. The minimum Gasteiger partial charge on any atom is -0.309 e. The van der Waals surface area contributed by atoms with Crippen LogP contribution < -0.4 is 5.56 Å².